The van der Waals surface area contributed by atoms with Crippen molar-refractivity contribution in [3.8, 4) is 6.07 Å². The van der Waals surface area contributed by atoms with Gasteiger partial charge in [-0.05, 0) is 67.2 Å². The molecule has 0 aromatic heterocycles. The Morgan fingerprint density at radius 3 is 2.75 bits per heavy atom. The van der Waals surface area contributed by atoms with Crippen molar-refractivity contribution in [3.05, 3.63) is 64.5 Å². The third kappa shape index (κ3) is 4.29. The Balaban J connectivity index is 2.30. The number of rotatable bonds is 5. The molecule has 1 aliphatic rings. The number of hydrogen-bond acceptors (Lipinski definition) is 2. The van der Waals surface area contributed by atoms with E-state index in [-0.39, 0.29) is 11.9 Å². The minimum absolute atomic E-state index is 0.0299. The number of aliphatic imine (C=N–C) groups is 1. The van der Waals surface area contributed by atoms with Crippen LogP contribution in [0.15, 0.2) is 52.6 Å². The van der Waals surface area contributed by atoms with Gasteiger partial charge in [0.1, 0.15) is 5.82 Å². The molecule has 124 valence electrons. The quantitative estimate of drug-likeness (QED) is 0.413. The zero-order chi connectivity index (χ0) is 17.7. The largest absolute Gasteiger partial charge is 0.282 e. The first-order valence-electron chi connectivity index (χ1n) is 8.22. The molecular weight excluding hydrogens is 299 g/mol. The molecule has 0 aliphatic heterocycles. The lowest BCUT2D eigenvalue weighted by atomic mass is 9.95. The summed E-state index contributed by atoms with van der Waals surface area (Å²) in [7, 11) is 0. The summed E-state index contributed by atoms with van der Waals surface area (Å²) in [5.41, 5.74) is 4.71. The van der Waals surface area contributed by atoms with Crippen molar-refractivity contribution >= 4 is 11.8 Å². The number of nitriles is 1. The predicted molar refractivity (Wildman–Crippen MR) is 98.3 cm³/mol. The number of fused-ring (bicyclic) bond motifs is 1. The van der Waals surface area contributed by atoms with Crippen molar-refractivity contribution in [1.29, 1.82) is 5.26 Å². The first-order chi connectivity index (χ1) is 11.4. The zero-order valence-corrected chi connectivity index (χ0v) is 14.7. The molecule has 24 heavy (non-hydrogen) atoms. The van der Waals surface area contributed by atoms with Crippen LogP contribution in [0.25, 0.3) is 6.08 Å². The van der Waals surface area contributed by atoms with E-state index in [1.54, 1.807) is 18.2 Å². The molecule has 0 heterocycles. The van der Waals surface area contributed by atoms with Gasteiger partial charge in [-0.1, -0.05) is 32.1 Å². The maximum absolute atomic E-state index is 13.4. The summed E-state index contributed by atoms with van der Waals surface area (Å²) in [6.45, 7) is 8.06. The van der Waals surface area contributed by atoms with Gasteiger partial charge in [0, 0.05) is 5.71 Å². The van der Waals surface area contributed by atoms with E-state index in [1.165, 1.54) is 11.6 Å². The summed E-state index contributed by atoms with van der Waals surface area (Å²) in [6.07, 6.45) is 8.28. The molecule has 0 amide bonds. The fourth-order valence-electron chi connectivity index (χ4n) is 2.96. The molecular formula is C21H23FN2. The molecule has 1 aromatic carbocycles. The summed E-state index contributed by atoms with van der Waals surface area (Å²) in [4.78, 5) is 4.83. The number of nitrogens with zero attached hydrogens (tertiary/aromatic N) is 2. The molecule has 1 atom stereocenters. The van der Waals surface area contributed by atoms with E-state index in [0.717, 1.165) is 23.3 Å². The Labute approximate surface area is 143 Å². The van der Waals surface area contributed by atoms with Crippen molar-refractivity contribution in [3.63, 3.8) is 0 Å². The Morgan fingerprint density at radius 2 is 2.12 bits per heavy atom. The van der Waals surface area contributed by atoms with Gasteiger partial charge in [0.05, 0.1) is 17.7 Å². The molecule has 1 aliphatic carbocycles. The predicted octanol–water partition coefficient (Wildman–Crippen LogP) is 5.28. The Bertz CT molecular complexity index is 774. The standard InChI is InChI=1S/C21H23FN2/c1-5-6-16(13-23)9-15(4)24-21(14(2)3)19-10-17-7-8-20(22)12-18(17)11-19/h5-9,11-12,14,21H,10H2,1-4H3/b6-5-,16-9+,24-15+. The fourth-order valence-corrected chi connectivity index (χ4v) is 2.96. The van der Waals surface area contributed by atoms with E-state index in [9.17, 15) is 4.39 Å². The topological polar surface area (TPSA) is 36.1 Å². The zero-order valence-electron chi connectivity index (χ0n) is 14.7. The van der Waals surface area contributed by atoms with Crippen LogP contribution in [0, 0.1) is 23.1 Å². The van der Waals surface area contributed by atoms with Crippen molar-refractivity contribution in [2.45, 2.75) is 40.2 Å². The maximum atomic E-state index is 13.4. The minimum Gasteiger partial charge on any atom is -0.282 e. The molecule has 2 rings (SSSR count). The second-order valence-corrected chi connectivity index (χ2v) is 6.41. The van der Waals surface area contributed by atoms with Crippen LogP contribution in [0.2, 0.25) is 0 Å². The van der Waals surface area contributed by atoms with Gasteiger partial charge in [-0.3, -0.25) is 4.99 Å². The lowest BCUT2D eigenvalue weighted by Crippen LogP contribution is -2.17. The number of hydrogen-bond donors (Lipinski definition) is 0. The molecule has 2 nitrogen and oxygen atoms in total. The number of halogens is 1. The highest BCUT2D eigenvalue weighted by molar-refractivity contribution is 5.94. The van der Waals surface area contributed by atoms with E-state index >= 15 is 0 Å². The molecule has 0 saturated heterocycles. The van der Waals surface area contributed by atoms with Gasteiger partial charge >= 0.3 is 0 Å². The average Bonchev–Trinajstić information content (AvgIpc) is 2.94. The Kier molecular flexibility index (Phi) is 5.87. The molecule has 1 aromatic rings. The molecule has 0 saturated carbocycles. The van der Waals surface area contributed by atoms with E-state index in [4.69, 9.17) is 10.3 Å². The third-order valence-corrected chi connectivity index (χ3v) is 4.04. The van der Waals surface area contributed by atoms with Crippen molar-refractivity contribution in [2.75, 3.05) is 0 Å². The second kappa shape index (κ2) is 7.88. The van der Waals surface area contributed by atoms with E-state index < -0.39 is 0 Å². The fraction of sp³-hybridized carbons (Fsp3) is 0.333. The van der Waals surface area contributed by atoms with Crippen LogP contribution in [0.5, 0.6) is 0 Å². The summed E-state index contributed by atoms with van der Waals surface area (Å²) >= 11 is 0. The van der Waals surface area contributed by atoms with Crippen molar-refractivity contribution in [1.82, 2.24) is 0 Å². The normalized spacial score (nSPS) is 16.3. The summed E-state index contributed by atoms with van der Waals surface area (Å²) in [6, 6.07) is 7.13. The number of allylic oxidation sites excluding steroid dienone is 4. The van der Waals surface area contributed by atoms with Crippen LogP contribution < -0.4 is 0 Å². The third-order valence-electron chi connectivity index (χ3n) is 4.04. The van der Waals surface area contributed by atoms with Crippen molar-refractivity contribution in [2.24, 2.45) is 10.9 Å². The highest BCUT2D eigenvalue weighted by Crippen LogP contribution is 2.31. The van der Waals surface area contributed by atoms with Gasteiger partial charge < -0.3 is 0 Å². The van der Waals surface area contributed by atoms with Crippen molar-refractivity contribution < 1.29 is 4.39 Å². The SMILES string of the molecule is C\C=C/C(C#N)=C\C(C)=N\C(C1=Cc2cc(F)ccc2C1)C(C)C. The lowest BCUT2D eigenvalue weighted by Gasteiger charge is -2.19. The average molecular weight is 322 g/mol. The lowest BCUT2D eigenvalue weighted by molar-refractivity contribution is 0.547. The molecule has 0 spiro atoms. The summed E-state index contributed by atoms with van der Waals surface area (Å²) < 4.78 is 13.4. The van der Waals surface area contributed by atoms with Gasteiger partial charge in [-0.25, -0.2) is 4.39 Å². The molecule has 0 radical (unpaired) electrons. The second-order valence-electron chi connectivity index (χ2n) is 6.41. The van der Waals surface area contributed by atoms with Crippen LogP contribution in [-0.2, 0) is 6.42 Å². The van der Waals surface area contributed by atoms with Gasteiger partial charge in [-0.2, -0.15) is 5.26 Å². The molecule has 1 unspecified atom stereocenters. The number of benzene rings is 1. The highest BCUT2D eigenvalue weighted by Gasteiger charge is 2.23. The van der Waals surface area contributed by atoms with E-state index in [0.29, 0.717) is 11.5 Å². The van der Waals surface area contributed by atoms with Gasteiger partial charge in [0.15, 0.2) is 0 Å². The first-order valence-corrected chi connectivity index (χ1v) is 8.22. The van der Waals surface area contributed by atoms with Crippen LogP contribution in [-0.4, -0.2) is 11.8 Å². The summed E-state index contributed by atoms with van der Waals surface area (Å²) in [5.74, 6) is 0.117. The van der Waals surface area contributed by atoms with Gasteiger partial charge in [-0.15, -0.1) is 0 Å². The first kappa shape index (κ1) is 17.9. The van der Waals surface area contributed by atoms with Gasteiger partial charge in [0.25, 0.3) is 0 Å². The Morgan fingerprint density at radius 1 is 1.38 bits per heavy atom. The highest BCUT2D eigenvalue weighted by atomic mass is 19.1. The van der Waals surface area contributed by atoms with Crippen LogP contribution in [0.3, 0.4) is 0 Å². The van der Waals surface area contributed by atoms with E-state index in [1.807, 2.05) is 26.0 Å². The molecule has 3 heteroatoms. The molecule has 0 bridgehead atoms. The molecule has 0 fully saturated rings. The van der Waals surface area contributed by atoms with Crippen LogP contribution in [0.4, 0.5) is 4.39 Å². The van der Waals surface area contributed by atoms with E-state index in [2.05, 4.69) is 26.0 Å². The summed E-state index contributed by atoms with van der Waals surface area (Å²) in [5, 5.41) is 9.13. The van der Waals surface area contributed by atoms with Gasteiger partial charge in [0.2, 0.25) is 0 Å². The molecule has 0 N–H and O–H groups in total. The minimum atomic E-state index is -0.208. The van der Waals surface area contributed by atoms with Crippen LogP contribution in [0.1, 0.15) is 38.8 Å². The maximum Gasteiger partial charge on any atom is 0.123 e. The van der Waals surface area contributed by atoms with Crippen LogP contribution >= 0.6 is 0 Å². The smallest absolute Gasteiger partial charge is 0.123 e. The monoisotopic (exact) mass is 322 g/mol. The Hall–Kier alpha value is -2.47.